The molecule has 1 saturated heterocycles. The molecule has 0 aromatic heterocycles. The summed E-state index contributed by atoms with van der Waals surface area (Å²) in [7, 11) is 2.38. The molecule has 1 aliphatic rings. The lowest BCUT2D eigenvalue weighted by molar-refractivity contribution is 0.231. The van der Waals surface area contributed by atoms with Crippen molar-refractivity contribution in [3.63, 3.8) is 0 Å². The quantitative estimate of drug-likeness (QED) is 0.513. The smallest absolute Gasteiger partial charge is 0.107 e. The van der Waals surface area contributed by atoms with E-state index in [1.165, 1.54) is 32.4 Å². The second-order valence-corrected chi connectivity index (χ2v) is 4.19. The number of hydrogen-bond acceptors (Lipinski definition) is 1. The Hall–Kier alpha value is 0.0249. The molecule has 0 aromatic carbocycles. The summed E-state index contributed by atoms with van der Waals surface area (Å²) in [5.41, 5.74) is 0. The Morgan fingerprint density at radius 2 is 2.09 bits per heavy atom. The predicted molar refractivity (Wildman–Crippen MR) is 52.9 cm³/mol. The first-order chi connectivity index (χ1) is 5.20. The van der Waals surface area contributed by atoms with Crippen molar-refractivity contribution in [2.45, 2.75) is 45.0 Å². The Balaban J connectivity index is 2.39. The highest BCUT2D eigenvalue weighted by atomic mass is 15.1. The molecule has 0 radical (unpaired) electrons. The van der Waals surface area contributed by atoms with Gasteiger partial charge in [0.15, 0.2) is 0 Å². The Morgan fingerprint density at radius 3 is 2.73 bits per heavy atom. The summed E-state index contributed by atoms with van der Waals surface area (Å²) in [6, 6.07) is 0.746. The van der Waals surface area contributed by atoms with Crippen molar-refractivity contribution in [2.75, 3.05) is 13.1 Å². The number of nitrogens with zero attached hydrogens (tertiary/aromatic N) is 1. The van der Waals surface area contributed by atoms with Crippen molar-refractivity contribution in [1.29, 1.82) is 0 Å². The van der Waals surface area contributed by atoms with Crippen molar-refractivity contribution < 1.29 is 0 Å². The lowest BCUT2D eigenvalue weighted by Gasteiger charge is -2.26. The van der Waals surface area contributed by atoms with E-state index in [0.717, 1.165) is 11.9 Å². The Kier molecular flexibility index (Phi) is 3.44. The van der Waals surface area contributed by atoms with Gasteiger partial charge in [-0.3, -0.25) is 0 Å². The van der Waals surface area contributed by atoms with Crippen LogP contribution in [0.15, 0.2) is 0 Å². The summed E-state index contributed by atoms with van der Waals surface area (Å²) < 4.78 is 0. The van der Waals surface area contributed by atoms with Gasteiger partial charge in [0.1, 0.15) is 7.85 Å². The van der Waals surface area contributed by atoms with Crippen LogP contribution in [0, 0.1) is 0 Å². The third-order valence-corrected chi connectivity index (χ3v) is 2.67. The zero-order chi connectivity index (χ0) is 8.27. The minimum absolute atomic E-state index is 0.746. The fourth-order valence-electron chi connectivity index (χ4n) is 1.86. The fraction of sp³-hybridized carbons (Fsp3) is 1.00. The highest BCUT2D eigenvalue weighted by Gasteiger charge is 2.15. The molecular formula is C9H20BN. The van der Waals surface area contributed by atoms with Crippen molar-refractivity contribution in [3.8, 4) is 0 Å². The predicted octanol–water partition coefficient (Wildman–Crippen LogP) is 1.30. The molecule has 1 heterocycles. The largest absolute Gasteiger partial charge is 0.301 e. The molecule has 0 bridgehead atoms. The van der Waals surface area contributed by atoms with Crippen LogP contribution < -0.4 is 0 Å². The van der Waals surface area contributed by atoms with E-state index in [2.05, 4.69) is 26.6 Å². The number of hydrogen-bond donors (Lipinski definition) is 0. The fourth-order valence-corrected chi connectivity index (χ4v) is 1.86. The molecular weight excluding hydrogens is 133 g/mol. The SMILES string of the molecule is BC1CCCCN(C(C)C)C1. The van der Waals surface area contributed by atoms with Gasteiger partial charge in [0.05, 0.1) is 0 Å². The molecule has 1 unspecified atom stereocenters. The van der Waals surface area contributed by atoms with Crippen LogP contribution in [0.2, 0.25) is 5.82 Å². The Labute approximate surface area is 71.6 Å². The van der Waals surface area contributed by atoms with E-state index in [0.29, 0.717) is 0 Å². The summed E-state index contributed by atoms with van der Waals surface area (Å²) in [6.45, 7) is 7.25. The Bertz CT molecular complexity index is 114. The molecule has 2 heteroatoms. The van der Waals surface area contributed by atoms with Crippen LogP contribution >= 0.6 is 0 Å². The molecule has 0 amide bonds. The molecule has 1 fully saturated rings. The second-order valence-electron chi connectivity index (χ2n) is 4.19. The molecule has 0 aromatic rings. The van der Waals surface area contributed by atoms with Crippen LogP contribution in [0.4, 0.5) is 0 Å². The summed E-state index contributed by atoms with van der Waals surface area (Å²) >= 11 is 0. The highest BCUT2D eigenvalue weighted by molar-refractivity contribution is 6.11. The van der Waals surface area contributed by atoms with Gasteiger partial charge < -0.3 is 4.90 Å². The number of likely N-dealkylation sites (tertiary alicyclic amines) is 1. The van der Waals surface area contributed by atoms with E-state index in [1.807, 2.05) is 0 Å². The Morgan fingerprint density at radius 1 is 1.36 bits per heavy atom. The standard InChI is InChI=1S/C9H20BN/c1-8(2)11-6-4-3-5-9(10)7-11/h8-9H,3-7,10H2,1-2H3. The van der Waals surface area contributed by atoms with Crippen LogP contribution in [0.5, 0.6) is 0 Å². The summed E-state index contributed by atoms with van der Waals surface area (Å²) in [5.74, 6) is 0.917. The first kappa shape index (κ1) is 9.12. The molecule has 0 aliphatic carbocycles. The second kappa shape index (κ2) is 4.15. The average molecular weight is 153 g/mol. The zero-order valence-electron chi connectivity index (χ0n) is 8.14. The van der Waals surface area contributed by atoms with E-state index in [-0.39, 0.29) is 0 Å². The maximum atomic E-state index is 2.61. The first-order valence-electron chi connectivity index (χ1n) is 4.94. The monoisotopic (exact) mass is 153 g/mol. The van der Waals surface area contributed by atoms with Gasteiger partial charge in [-0.1, -0.05) is 18.7 Å². The van der Waals surface area contributed by atoms with Crippen molar-refractivity contribution in [3.05, 3.63) is 0 Å². The molecule has 64 valence electrons. The number of rotatable bonds is 1. The third-order valence-electron chi connectivity index (χ3n) is 2.67. The molecule has 1 nitrogen and oxygen atoms in total. The van der Waals surface area contributed by atoms with Crippen LogP contribution in [0.3, 0.4) is 0 Å². The molecule has 0 spiro atoms. The van der Waals surface area contributed by atoms with Gasteiger partial charge in [-0.15, -0.1) is 0 Å². The first-order valence-corrected chi connectivity index (χ1v) is 4.94. The maximum absolute atomic E-state index is 2.61. The molecule has 0 saturated carbocycles. The third kappa shape index (κ3) is 2.86. The van der Waals surface area contributed by atoms with Gasteiger partial charge in [-0.2, -0.15) is 0 Å². The van der Waals surface area contributed by atoms with E-state index in [1.54, 1.807) is 0 Å². The van der Waals surface area contributed by atoms with Gasteiger partial charge in [-0.05, 0) is 33.4 Å². The molecule has 1 atom stereocenters. The van der Waals surface area contributed by atoms with Crippen LogP contribution in [0.1, 0.15) is 33.1 Å². The van der Waals surface area contributed by atoms with Crippen molar-refractivity contribution in [2.24, 2.45) is 0 Å². The minimum atomic E-state index is 0.746. The van der Waals surface area contributed by atoms with Crippen LogP contribution in [-0.4, -0.2) is 31.9 Å². The van der Waals surface area contributed by atoms with E-state index >= 15 is 0 Å². The van der Waals surface area contributed by atoms with Crippen LogP contribution in [0.25, 0.3) is 0 Å². The van der Waals surface area contributed by atoms with Crippen molar-refractivity contribution >= 4 is 7.85 Å². The topological polar surface area (TPSA) is 3.24 Å². The highest BCUT2D eigenvalue weighted by Crippen LogP contribution is 2.19. The van der Waals surface area contributed by atoms with Gasteiger partial charge in [0.25, 0.3) is 0 Å². The summed E-state index contributed by atoms with van der Waals surface area (Å²) in [6.07, 6.45) is 4.27. The average Bonchev–Trinajstić information content (AvgIpc) is 2.13. The molecule has 1 rings (SSSR count). The van der Waals surface area contributed by atoms with E-state index in [4.69, 9.17) is 0 Å². The van der Waals surface area contributed by atoms with Gasteiger partial charge in [-0.25, -0.2) is 0 Å². The van der Waals surface area contributed by atoms with E-state index in [9.17, 15) is 0 Å². The minimum Gasteiger partial charge on any atom is -0.301 e. The van der Waals surface area contributed by atoms with Crippen LogP contribution in [-0.2, 0) is 0 Å². The van der Waals surface area contributed by atoms with Gasteiger partial charge in [0, 0.05) is 6.04 Å². The molecule has 11 heavy (non-hydrogen) atoms. The van der Waals surface area contributed by atoms with Gasteiger partial charge in [0.2, 0.25) is 0 Å². The lowest BCUT2D eigenvalue weighted by Crippen LogP contribution is -2.33. The van der Waals surface area contributed by atoms with Gasteiger partial charge >= 0.3 is 0 Å². The summed E-state index contributed by atoms with van der Waals surface area (Å²) in [5, 5.41) is 0. The van der Waals surface area contributed by atoms with E-state index < -0.39 is 0 Å². The lowest BCUT2D eigenvalue weighted by atomic mass is 9.83. The maximum Gasteiger partial charge on any atom is 0.107 e. The normalized spacial score (nSPS) is 28.8. The summed E-state index contributed by atoms with van der Waals surface area (Å²) in [4.78, 5) is 2.61. The zero-order valence-corrected chi connectivity index (χ0v) is 8.14. The molecule has 1 aliphatic heterocycles. The molecule has 0 N–H and O–H groups in total. The van der Waals surface area contributed by atoms with Crippen molar-refractivity contribution in [1.82, 2.24) is 4.90 Å².